The van der Waals surface area contributed by atoms with Crippen molar-refractivity contribution in [3.63, 3.8) is 0 Å². The molecule has 5 nitrogen and oxygen atoms in total. The van der Waals surface area contributed by atoms with Gasteiger partial charge in [-0.2, -0.15) is 13.2 Å². The van der Waals surface area contributed by atoms with Crippen LogP contribution in [0.4, 0.5) is 18.9 Å². The van der Waals surface area contributed by atoms with Gasteiger partial charge in [0.15, 0.2) is 0 Å². The van der Waals surface area contributed by atoms with Crippen molar-refractivity contribution in [3.8, 4) is 0 Å². The van der Waals surface area contributed by atoms with Crippen molar-refractivity contribution in [1.82, 2.24) is 5.32 Å². The Balaban J connectivity index is 2.27. The molecule has 3 N–H and O–H groups in total. The predicted octanol–water partition coefficient (Wildman–Crippen LogP) is 2.09. The smallest absolute Gasteiger partial charge is 0.416 e. The molecule has 21 heavy (non-hydrogen) atoms. The van der Waals surface area contributed by atoms with Gasteiger partial charge < -0.3 is 15.7 Å². The lowest BCUT2D eigenvalue weighted by Crippen LogP contribution is -2.35. The Morgan fingerprint density at radius 2 is 2.00 bits per heavy atom. The largest absolute Gasteiger partial charge is 0.478 e. The van der Waals surface area contributed by atoms with E-state index >= 15 is 0 Å². The van der Waals surface area contributed by atoms with Crippen LogP contribution in [-0.2, 0) is 11.0 Å². The van der Waals surface area contributed by atoms with E-state index in [0.717, 1.165) is 18.6 Å². The minimum Gasteiger partial charge on any atom is -0.478 e. The highest BCUT2D eigenvalue weighted by Crippen LogP contribution is 2.32. The predicted molar refractivity (Wildman–Crippen MR) is 68.1 cm³/mol. The molecule has 114 valence electrons. The van der Waals surface area contributed by atoms with Crippen molar-refractivity contribution in [2.45, 2.75) is 25.1 Å². The second kappa shape index (κ2) is 5.72. The summed E-state index contributed by atoms with van der Waals surface area (Å²) < 4.78 is 38.2. The lowest BCUT2D eigenvalue weighted by Gasteiger charge is -2.14. The molecular formula is C13H13F3N2O3. The number of alkyl halides is 3. The zero-order chi connectivity index (χ0) is 15.6. The zero-order valence-electron chi connectivity index (χ0n) is 10.8. The minimum absolute atomic E-state index is 0.180. The Labute approximate surface area is 118 Å². The van der Waals surface area contributed by atoms with E-state index in [1.54, 1.807) is 0 Å². The number of hydrogen-bond donors (Lipinski definition) is 3. The monoisotopic (exact) mass is 302 g/mol. The highest BCUT2D eigenvalue weighted by atomic mass is 19.4. The number of benzene rings is 1. The van der Waals surface area contributed by atoms with Crippen LogP contribution in [0.15, 0.2) is 18.2 Å². The number of rotatable bonds is 3. The van der Waals surface area contributed by atoms with Crippen LogP contribution < -0.4 is 10.6 Å². The molecule has 0 aliphatic carbocycles. The number of carboxylic acid groups (broad SMARTS) is 1. The van der Waals surface area contributed by atoms with Crippen LogP contribution in [-0.4, -0.2) is 29.6 Å². The maximum absolute atomic E-state index is 12.7. The summed E-state index contributed by atoms with van der Waals surface area (Å²) in [5, 5.41) is 14.1. The van der Waals surface area contributed by atoms with Gasteiger partial charge in [-0.3, -0.25) is 4.79 Å². The summed E-state index contributed by atoms with van der Waals surface area (Å²) in [6, 6.07) is 1.79. The third-order valence-electron chi connectivity index (χ3n) is 3.15. The normalized spacial score (nSPS) is 18.5. The molecule has 1 atom stereocenters. The molecule has 0 spiro atoms. The number of aromatic carboxylic acids is 1. The maximum atomic E-state index is 12.7. The lowest BCUT2D eigenvalue weighted by molar-refractivity contribution is -0.137. The first-order valence-electron chi connectivity index (χ1n) is 6.27. The minimum atomic E-state index is -4.68. The van der Waals surface area contributed by atoms with Crippen LogP contribution in [0.3, 0.4) is 0 Å². The SMILES string of the molecule is O=C(O)c1cc(NC(=O)[C@H]2CCCN2)cc(C(F)(F)F)c1. The van der Waals surface area contributed by atoms with Crippen LogP contribution in [0.5, 0.6) is 0 Å². The van der Waals surface area contributed by atoms with Crippen molar-refractivity contribution >= 4 is 17.6 Å². The van der Waals surface area contributed by atoms with Gasteiger partial charge in [-0.15, -0.1) is 0 Å². The summed E-state index contributed by atoms with van der Waals surface area (Å²) >= 11 is 0. The van der Waals surface area contributed by atoms with E-state index in [-0.39, 0.29) is 5.69 Å². The topological polar surface area (TPSA) is 78.4 Å². The molecule has 1 saturated heterocycles. The molecule has 2 rings (SSSR count). The third kappa shape index (κ3) is 3.72. The molecule has 0 radical (unpaired) electrons. The Kier molecular flexibility index (Phi) is 4.17. The van der Waals surface area contributed by atoms with Gasteiger partial charge in [-0.25, -0.2) is 4.79 Å². The van der Waals surface area contributed by atoms with Crippen molar-refractivity contribution < 1.29 is 27.9 Å². The quantitative estimate of drug-likeness (QED) is 0.799. The van der Waals surface area contributed by atoms with Gasteiger partial charge in [0.05, 0.1) is 17.2 Å². The Morgan fingerprint density at radius 1 is 1.29 bits per heavy atom. The van der Waals surface area contributed by atoms with E-state index in [4.69, 9.17) is 5.11 Å². The first kappa shape index (κ1) is 15.3. The first-order chi connectivity index (χ1) is 9.77. The van der Waals surface area contributed by atoms with Gasteiger partial charge in [0.2, 0.25) is 5.91 Å². The van der Waals surface area contributed by atoms with Crippen molar-refractivity contribution in [3.05, 3.63) is 29.3 Å². The van der Waals surface area contributed by atoms with Gasteiger partial charge in [-0.1, -0.05) is 0 Å². The molecule has 0 aromatic heterocycles. The number of anilines is 1. The average molecular weight is 302 g/mol. The Morgan fingerprint density at radius 3 is 2.52 bits per heavy atom. The zero-order valence-corrected chi connectivity index (χ0v) is 10.8. The molecule has 1 aromatic rings. The second-order valence-corrected chi connectivity index (χ2v) is 4.74. The van der Waals surface area contributed by atoms with E-state index in [2.05, 4.69) is 10.6 Å². The molecule has 1 fully saturated rings. The molecule has 0 unspecified atom stereocenters. The van der Waals surface area contributed by atoms with E-state index in [9.17, 15) is 22.8 Å². The van der Waals surface area contributed by atoms with Crippen molar-refractivity contribution in [1.29, 1.82) is 0 Å². The Hall–Kier alpha value is -2.09. The molecule has 1 aliphatic heterocycles. The highest BCUT2D eigenvalue weighted by Gasteiger charge is 2.32. The number of carbonyl (C=O) groups is 2. The third-order valence-corrected chi connectivity index (χ3v) is 3.15. The standard InChI is InChI=1S/C13H13F3N2O3/c14-13(15,16)8-4-7(12(20)21)5-9(6-8)18-11(19)10-2-1-3-17-10/h4-6,10,17H,1-3H2,(H,18,19)(H,20,21)/t10-/m1/s1. The fourth-order valence-corrected chi connectivity index (χ4v) is 2.12. The number of halogens is 3. The number of amides is 1. The van der Waals surface area contributed by atoms with Gasteiger partial charge in [0, 0.05) is 5.69 Å². The lowest BCUT2D eigenvalue weighted by atomic mass is 10.1. The molecule has 1 heterocycles. The summed E-state index contributed by atoms with van der Waals surface area (Å²) in [7, 11) is 0. The summed E-state index contributed by atoms with van der Waals surface area (Å²) in [5.74, 6) is -1.96. The fourth-order valence-electron chi connectivity index (χ4n) is 2.12. The van der Waals surface area contributed by atoms with Crippen LogP contribution in [0.25, 0.3) is 0 Å². The maximum Gasteiger partial charge on any atom is 0.416 e. The summed E-state index contributed by atoms with van der Waals surface area (Å²) in [5.41, 5.74) is -1.82. The number of carboxylic acids is 1. The van der Waals surface area contributed by atoms with Crippen LogP contribution in [0.2, 0.25) is 0 Å². The molecule has 0 saturated carbocycles. The second-order valence-electron chi connectivity index (χ2n) is 4.74. The summed E-state index contributed by atoms with van der Waals surface area (Å²) in [6.45, 7) is 0.668. The molecule has 1 amide bonds. The van der Waals surface area contributed by atoms with Gasteiger partial charge in [0.1, 0.15) is 0 Å². The number of nitrogens with one attached hydrogen (secondary N) is 2. The van der Waals surface area contributed by atoms with Crippen molar-refractivity contribution in [2.75, 3.05) is 11.9 Å². The van der Waals surface area contributed by atoms with Crippen LogP contribution >= 0.6 is 0 Å². The molecule has 1 aromatic carbocycles. The highest BCUT2D eigenvalue weighted by molar-refractivity contribution is 5.97. The Bertz CT molecular complexity index is 566. The van der Waals surface area contributed by atoms with Gasteiger partial charge >= 0.3 is 12.1 Å². The average Bonchev–Trinajstić information content (AvgIpc) is 2.91. The van der Waals surface area contributed by atoms with E-state index in [1.165, 1.54) is 0 Å². The number of carbonyl (C=O) groups excluding carboxylic acids is 1. The van der Waals surface area contributed by atoms with E-state index < -0.39 is 35.2 Å². The summed E-state index contributed by atoms with van der Waals surface area (Å²) in [6.07, 6.45) is -3.28. The summed E-state index contributed by atoms with van der Waals surface area (Å²) in [4.78, 5) is 22.7. The van der Waals surface area contributed by atoms with E-state index in [0.29, 0.717) is 19.0 Å². The van der Waals surface area contributed by atoms with Crippen LogP contribution in [0.1, 0.15) is 28.8 Å². The molecule has 1 aliphatic rings. The van der Waals surface area contributed by atoms with Crippen LogP contribution in [0, 0.1) is 0 Å². The molecular weight excluding hydrogens is 289 g/mol. The fraction of sp³-hybridized carbons (Fsp3) is 0.385. The van der Waals surface area contributed by atoms with E-state index in [1.807, 2.05) is 0 Å². The first-order valence-corrected chi connectivity index (χ1v) is 6.27. The number of hydrogen-bond acceptors (Lipinski definition) is 3. The van der Waals surface area contributed by atoms with Crippen molar-refractivity contribution in [2.24, 2.45) is 0 Å². The van der Waals surface area contributed by atoms with Gasteiger partial charge in [0.25, 0.3) is 0 Å². The van der Waals surface area contributed by atoms with Gasteiger partial charge in [-0.05, 0) is 37.6 Å². The molecule has 8 heteroatoms. The molecule has 0 bridgehead atoms.